The number of hydrogen-bond acceptors (Lipinski definition) is 4. The Kier molecular flexibility index (Phi) is 7.22. The quantitative estimate of drug-likeness (QED) is 0.506. The maximum Gasteiger partial charge on any atom is 0.258 e. The lowest BCUT2D eigenvalue weighted by Gasteiger charge is -2.25. The molecule has 0 radical (unpaired) electrons. The minimum atomic E-state index is -0.330. The lowest BCUT2D eigenvalue weighted by Crippen LogP contribution is -2.37. The summed E-state index contributed by atoms with van der Waals surface area (Å²) in [7, 11) is 0. The van der Waals surface area contributed by atoms with Gasteiger partial charge in [0.2, 0.25) is 5.91 Å². The molecule has 8 heteroatoms. The Labute approximate surface area is 183 Å². The standard InChI is InChI=1S/C21H21Cl2N3O2S/c1-3-10-26(21(28)13(2)29-18-7-5-4-6-16(18)23)12-19-24-17-11-14(22)8-9-15(17)20(27)25-19/h4-9,11,13H,3,10,12H2,1-2H3,(H,24,25,27). The monoisotopic (exact) mass is 449 g/mol. The molecule has 5 nitrogen and oxygen atoms in total. The highest BCUT2D eigenvalue weighted by molar-refractivity contribution is 8.00. The summed E-state index contributed by atoms with van der Waals surface area (Å²) < 4.78 is 0. The second-order valence-electron chi connectivity index (χ2n) is 6.62. The predicted octanol–water partition coefficient (Wildman–Crippen LogP) is 5.15. The number of nitrogens with one attached hydrogen (secondary N) is 1. The average Bonchev–Trinajstić information content (AvgIpc) is 2.68. The van der Waals surface area contributed by atoms with Gasteiger partial charge in [0, 0.05) is 16.5 Å². The minimum Gasteiger partial charge on any atom is -0.334 e. The molecule has 0 spiro atoms. The minimum absolute atomic E-state index is 0.0365. The maximum absolute atomic E-state index is 13.1. The molecule has 0 aliphatic rings. The largest absolute Gasteiger partial charge is 0.334 e. The van der Waals surface area contributed by atoms with Crippen LogP contribution in [0.1, 0.15) is 26.1 Å². The smallest absolute Gasteiger partial charge is 0.258 e. The van der Waals surface area contributed by atoms with E-state index in [0.717, 1.165) is 11.3 Å². The van der Waals surface area contributed by atoms with Gasteiger partial charge >= 0.3 is 0 Å². The molecule has 2 aromatic carbocycles. The van der Waals surface area contributed by atoms with Crippen molar-refractivity contribution < 1.29 is 4.79 Å². The van der Waals surface area contributed by atoms with E-state index in [9.17, 15) is 9.59 Å². The van der Waals surface area contributed by atoms with Gasteiger partial charge in [0.1, 0.15) is 5.82 Å². The number of carbonyl (C=O) groups is 1. The molecule has 0 fully saturated rings. The summed E-state index contributed by atoms with van der Waals surface area (Å²) in [5.41, 5.74) is 0.266. The molecule has 29 heavy (non-hydrogen) atoms. The van der Waals surface area contributed by atoms with Gasteiger partial charge in [-0.1, -0.05) is 42.3 Å². The van der Waals surface area contributed by atoms with Crippen molar-refractivity contribution in [1.29, 1.82) is 0 Å². The van der Waals surface area contributed by atoms with Gasteiger partial charge in [-0.2, -0.15) is 0 Å². The van der Waals surface area contributed by atoms with E-state index in [0.29, 0.717) is 33.3 Å². The summed E-state index contributed by atoms with van der Waals surface area (Å²) in [6.45, 7) is 4.64. The first-order valence-electron chi connectivity index (χ1n) is 9.27. The number of halogens is 2. The number of H-pyrrole nitrogens is 1. The van der Waals surface area contributed by atoms with E-state index in [1.165, 1.54) is 11.8 Å². The molecular formula is C21H21Cl2N3O2S. The van der Waals surface area contributed by atoms with Crippen molar-refractivity contribution in [2.24, 2.45) is 0 Å². The number of carbonyl (C=O) groups excluding carboxylic acids is 1. The Morgan fingerprint density at radius 3 is 2.72 bits per heavy atom. The molecule has 1 aromatic heterocycles. The highest BCUT2D eigenvalue weighted by Crippen LogP contribution is 2.31. The van der Waals surface area contributed by atoms with Crippen LogP contribution in [0, 0.1) is 0 Å². The molecule has 3 aromatic rings. The van der Waals surface area contributed by atoms with Crippen molar-refractivity contribution in [2.45, 2.75) is 37.0 Å². The SMILES string of the molecule is CCCN(Cc1nc2cc(Cl)ccc2c(=O)[nH]1)C(=O)C(C)Sc1ccccc1Cl. The van der Waals surface area contributed by atoms with Crippen LogP contribution in [0.5, 0.6) is 0 Å². The zero-order chi connectivity index (χ0) is 21.0. The van der Waals surface area contributed by atoms with E-state index in [1.54, 1.807) is 29.2 Å². The van der Waals surface area contributed by atoms with Crippen LogP contribution in [0.2, 0.25) is 10.0 Å². The zero-order valence-corrected chi connectivity index (χ0v) is 18.4. The average molecular weight is 450 g/mol. The van der Waals surface area contributed by atoms with Gasteiger partial charge in [0.25, 0.3) is 5.56 Å². The Bertz CT molecular complexity index is 1090. The second kappa shape index (κ2) is 9.65. The number of nitrogens with zero attached hydrogens (tertiary/aromatic N) is 2. The van der Waals surface area contributed by atoms with Gasteiger partial charge in [0.15, 0.2) is 0 Å². The third-order valence-electron chi connectivity index (χ3n) is 4.35. The first-order chi connectivity index (χ1) is 13.9. The molecule has 152 valence electrons. The summed E-state index contributed by atoms with van der Waals surface area (Å²) in [5.74, 6) is 0.395. The van der Waals surface area contributed by atoms with Crippen LogP contribution in [0.3, 0.4) is 0 Å². The zero-order valence-electron chi connectivity index (χ0n) is 16.1. The van der Waals surface area contributed by atoms with E-state index in [2.05, 4.69) is 9.97 Å². The number of rotatable bonds is 7. The van der Waals surface area contributed by atoms with Crippen molar-refractivity contribution in [2.75, 3.05) is 6.54 Å². The third-order valence-corrected chi connectivity index (χ3v) is 6.19. The van der Waals surface area contributed by atoms with Crippen LogP contribution in [0.4, 0.5) is 0 Å². The number of fused-ring (bicyclic) bond motifs is 1. The lowest BCUT2D eigenvalue weighted by atomic mass is 10.2. The van der Waals surface area contributed by atoms with Gasteiger partial charge in [-0.15, -0.1) is 11.8 Å². The summed E-state index contributed by atoms with van der Waals surface area (Å²) in [5, 5.41) is 1.27. The molecule has 3 rings (SSSR count). The fourth-order valence-electron chi connectivity index (χ4n) is 2.99. The van der Waals surface area contributed by atoms with E-state index in [4.69, 9.17) is 23.2 Å². The fraction of sp³-hybridized carbons (Fsp3) is 0.286. The Morgan fingerprint density at radius 2 is 2.00 bits per heavy atom. The summed E-state index contributed by atoms with van der Waals surface area (Å²) in [6, 6.07) is 12.4. The highest BCUT2D eigenvalue weighted by atomic mass is 35.5. The Hall–Kier alpha value is -2.02. The number of amides is 1. The fourth-order valence-corrected chi connectivity index (χ4v) is 4.40. The molecule has 0 aliphatic carbocycles. The molecule has 0 saturated heterocycles. The lowest BCUT2D eigenvalue weighted by molar-refractivity contribution is -0.131. The van der Waals surface area contributed by atoms with Crippen LogP contribution >= 0.6 is 35.0 Å². The number of aromatic nitrogens is 2. The van der Waals surface area contributed by atoms with E-state index in [1.807, 2.05) is 32.0 Å². The number of thioether (sulfide) groups is 1. The predicted molar refractivity (Wildman–Crippen MR) is 120 cm³/mol. The first-order valence-corrected chi connectivity index (χ1v) is 10.9. The summed E-state index contributed by atoms with van der Waals surface area (Å²) >= 11 is 13.7. The molecule has 0 bridgehead atoms. The Morgan fingerprint density at radius 1 is 1.24 bits per heavy atom. The van der Waals surface area contributed by atoms with Crippen molar-refractivity contribution in [1.82, 2.24) is 14.9 Å². The molecule has 1 N–H and O–H groups in total. The molecule has 0 saturated carbocycles. The summed E-state index contributed by atoms with van der Waals surface area (Å²) in [4.78, 5) is 35.3. The Balaban J connectivity index is 1.82. The number of hydrogen-bond donors (Lipinski definition) is 1. The second-order valence-corrected chi connectivity index (χ2v) is 8.85. The summed E-state index contributed by atoms with van der Waals surface area (Å²) in [6.07, 6.45) is 0.791. The van der Waals surface area contributed by atoms with Gasteiger partial charge in [-0.25, -0.2) is 4.98 Å². The van der Waals surface area contributed by atoms with Crippen LogP contribution in [-0.2, 0) is 11.3 Å². The van der Waals surface area contributed by atoms with Crippen molar-refractivity contribution in [3.8, 4) is 0 Å². The topological polar surface area (TPSA) is 66.1 Å². The molecule has 1 heterocycles. The third kappa shape index (κ3) is 5.32. The van der Waals surface area contributed by atoms with Gasteiger partial charge in [0.05, 0.1) is 27.7 Å². The first kappa shape index (κ1) is 21.7. The molecule has 1 atom stereocenters. The van der Waals surface area contributed by atoms with Crippen LogP contribution < -0.4 is 5.56 Å². The van der Waals surface area contributed by atoms with E-state index < -0.39 is 0 Å². The van der Waals surface area contributed by atoms with E-state index in [-0.39, 0.29) is 23.3 Å². The molecule has 1 unspecified atom stereocenters. The highest BCUT2D eigenvalue weighted by Gasteiger charge is 2.23. The normalized spacial score (nSPS) is 12.1. The maximum atomic E-state index is 13.1. The van der Waals surface area contributed by atoms with E-state index >= 15 is 0 Å². The van der Waals surface area contributed by atoms with Gasteiger partial charge in [-0.3, -0.25) is 9.59 Å². The van der Waals surface area contributed by atoms with Gasteiger partial charge in [-0.05, 0) is 43.7 Å². The van der Waals surface area contributed by atoms with Crippen LogP contribution in [0.15, 0.2) is 52.2 Å². The molecule has 0 aliphatic heterocycles. The van der Waals surface area contributed by atoms with Crippen molar-refractivity contribution in [3.05, 3.63) is 68.7 Å². The molecule has 1 amide bonds. The number of benzene rings is 2. The number of aromatic amines is 1. The van der Waals surface area contributed by atoms with Crippen LogP contribution in [0.25, 0.3) is 10.9 Å². The van der Waals surface area contributed by atoms with Crippen molar-refractivity contribution in [3.63, 3.8) is 0 Å². The molecular weight excluding hydrogens is 429 g/mol. The van der Waals surface area contributed by atoms with Gasteiger partial charge < -0.3 is 9.88 Å². The van der Waals surface area contributed by atoms with Crippen LogP contribution in [-0.4, -0.2) is 32.6 Å². The van der Waals surface area contributed by atoms with Crippen molar-refractivity contribution >= 4 is 51.8 Å².